The van der Waals surface area contributed by atoms with Crippen LogP contribution in [0.2, 0.25) is 0 Å². The number of rotatable bonds is 6. The van der Waals surface area contributed by atoms with Gasteiger partial charge in [0, 0.05) is 19.0 Å². The average molecular weight is 425 g/mol. The smallest absolute Gasteiger partial charge is 0.243 e. The summed E-state index contributed by atoms with van der Waals surface area (Å²) in [7, 11) is 0. The summed E-state index contributed by atoms with van der Waals surface area (Å²) in [6.07, 6.45) is 12.0. The number of nitrogens with one attached hydrogen (secondary N) is 1. The predicted octanol–water partition coefficient (Wildman–Crippen LogP) is 4.73. The minimum absolute atomic E-state index is 0.0940. The van der Waals surface area contributed by atoms with Crippen molar-refractivity contribution >= 4 is 22.8 Å². The predicted molar refractivity (Wildman–Crippen MR) is 123 cm³/mol. The number of imidazole rings is 1. The van der Waals surface area contributed by atoms with Crippen molar-refractivity contribution in [2.24, 2.45) is 0 Å². The molecule has 1 unspecified atom stereocenters. The molecule has 6 nitrogen and oxygen atoms in total. The van der Waals surface area contributed by atoms with Crippen molar-refractivity contribution in [3.05, 3.63) is 30.1 Å². The number of aromatic nitrogens is 2. The molecule has 2 aromatic rings. The molecule has 2 aliphatic rings. The van der Waals surface area contributed by atoms with Crippen molar-refractivity contribution in [2.45, 2.75) is 103 Å². The molecule has 0 bridgehead atoms. The second-order valence-corrected chi connectivity index (χ2v) is 9.35. The van der Waals surface area contributed by atoms with Crippen molar-refractivity contribution < 1.29 is 9.59 Å². The van der Waals surface area contributed by atoms with Crippen LogP contribution in [-0.4, -0.2) is 38.3 Å². The zero-order valence-corrected chi connectivity index (χ0v) is 19.0. The highest BCUT2D eigenvalue weighted by Gasteiger charge is 2.33. The number of nitrogens with zero attached hydrogens (tertiary/aromatic N) is 3. The Morgan fingerprint density at radius 2 is 1.61 bits per heavy atom. The largest absolute Gasteiger partial charge is 0.347 e. The third-order valence-corrected chi connectivity index (χ3v) is 7.01. The highest BCUT2D eigenvalue weighted by Crippen LogP contribution is 2.31. The molecule has 1 aromatic carbocycles. The lowest BCUT2D eigenvalue weighted by atomic mass is 9.88. The Balaban J connectivity index is 1.65. The molecule has 6 heteroatoms. The van der Waals surface area contributed by atoms with Crippen LogP contribution in [0.1, 0.15) is 89.9 Å². The third kappa shape index (κ3) is 4.94. The lowest BCUT2D eigenvalue weighted by molar-refractivity contribution is -0.138. The van der Waals surface area contributed by atoms with Crippen molar-refractivity contribution in [1.29, 1.82) is 0 Å². The molecule has 2 aliphatic carbocycles. The lowest BCUT2D eigenvalue weighted by Gasteiger charge is -2.42. The second kappa shape index (κ2) is 9.84. The summed E-state index contributed by atoms with van der Waals surface area (Å²) in [5.41, 5.74) is 1.82. The van der Waals surface area contributed by atoms with E-state index in [1.165, 1.54) is 45.4 Å². The highest BCUT2D eigenvalue weighted by molar-refractivity contribution is 5.82. The molecular formula is C25H36N4O2. The molecule has 31 heavy (non-hydrogen) atoms. The van der Waals surface area contributed by atoms with Gasteiger partial charge in [0.2, 0.25) is 11.8 Å². The highest BCUT2D eigenvalue weighted by atomic mass is 16.2. The number of fused-ring (bicyclic) bond motifs is 1. The van der Waals surface area contributed by atoms with Gasteiger partial charge in [0.25, 0.3) is 0 Å². The number of para-hydroxylation sites is 2. The minimum Gasteiger partial charge on any atom is -0.347 e. The molecule has 2 amide bonds. The summed E-state index contributed by atoms with van der Waals surface area (Å²) >= 11 is 0. The van der Waals surface area contributed by atoms with E-state index in [2.05, 4.69) is 10.2 Å². The molecule has 1 N–H and O–H groups in total. The summed E-state index contributed by atoms with van der Waals surface area (Å²) in [5.74, 6) is 0.860. The van der Waals surface area contributed by atoms with Gasteiger partial charge in [-0.2, -0.15) is 0 Å². The van der Waals surface area contributed by atoms with Crippen LogP contribution >= 0.6 is 0 Å². The number of benzene rings is 1. The maximum atomic E-state index is 13.8. The summed E-state index contributed by atoms with van der Waals surface area (Å²) < 4.78 is 2.02. The maximum absolute atomic E-state index is 13.8. The molecule has 0 aliphatic heterocycles. The van der Waals surface area contributed by atoms with Crippen LogP contribution in [0, 0.1) is 0 Å². The Morgan fingerprint density at radius 1 is 1.03 bits per heavy atom. The van der Waals surface area contributed by atoms with Crippen LogP contribution in [-0.2, 0) is 16.1 Å². The first kappa shape index (κ1) is 21.8. The standard InChI is InChI=1S/C25H36N4O2/c1-18(26-19(2)30)25-27-22-15-9-10-16-23(22)28(25)17-24(31)29(20-11-5-3-6-12-20)21-13-7-4-8-14-21/h9-10,15-16,18,20-21H,3-8,11-14,17H2,1-2H3,(H,26,30). The van der Waals surface area contributed by atoms with E-state index in [9.17, 15) is 9.59 Å². The normalized spacial score (nSPS) is 19.3. The molecule has 0 spiro atoms. The fraction of sp³-hybridized carbons (Fsp3) is 0.640. The average Bonchev–Trinajstić information content (AvgIpc) is 3.14. The van der Waals surface area contributed by atoms with Gasteiger partial charge in [-0.15, -0.1) is 0 Å². The van der Waals surface area contributed by atoms with E-state index < -0.39 is 0 Å². The van der Waals surface area contributed by atoms with Crippen molar-refractivity contribution in [1.82, 2.24) is 19.8 Å². The lowest BCUT2D eigenvalue weighted by Crippen LogP contribution is -2.50. The van der Waals surface area contributed by atoms with E-state index in [1.54, 1.807) is 0 Å². The zero-order chi connectivity index (χ0) is 21.8. The van der Waals surface area contributed by atoms with E-state index in [-0.39, 0.29) is 24.4 Å². The summed E-state index contributed by atoms with van der Waals surface area (Å²) in [5, 5.41) is 2.94. The van der Waals surface area contributed by atoms with E-state index in [0.717, 1.165) is 42.5 Å². The number of amides is 2. The minimum atomic E-state index is -0.254. The van der Waals surface area contributed by atoms with Gasteiger partial charge in [-0.25, -0.2) is 4.98 Å². The number of carbonyl (C=O) groups excluding carboxylic acids is 2. The molecule has 168 valence electrons. The van der Waals surface area contributed by atoms with Gasteiger partial charge in [-0.1, -0.05) is 50.7 Å². The van der Waals surface area contributed by atoms with Gasteiger partial charge < -0.3 is 14.8 Å². The van der Waals surface area contributed by atoms with Crippen molar-refractivity contribution in [2.75, 3.05) is 0 Å². The number of carbonyl (C=O) groups is 2. The van der Waals surface area contributed by atoms with Gasteiger partial charge >= 0.3 is 0 Å². The molecule has 0 radical (unpaired) electrons. The first-order valence-corrected chi connectivity index (χ1v) is 12.1. The molecule has 1 atom stereocenters. The SMILES string of the molecule is CC(=O)NC(C)c1nc2ccccc2n1CC(=O)N(C1CCCCC1)C1CCCCC1. The Morgan fingerprint density at radius 3 is 2.19 bits per heavy atom. The Hall–Kier alpha value is -2.37. The first-order valence-electron chi connectivity index (χ1n) is 12.1. The molecule has 2 fully saturated rings. The Labute approximate surface area is 185 Å². The molecule has 0 saturated heterocycles. The molecule has 1 aromatic heterocycles. The fourth-order valence-corrected chi connectivity index (χ4v) is 5.60. The number of hydrogen-bond acceptors (Lipinski definition) is 3. The third-order valence-electron chi connectivity index (χ3n) is 7.01. The topological polar surface area (TPSA) is 67.2 Å². The van der Waals surface area contributed by atoms with E-state index in [4.69, 9.17) is 4.98 Å². The number of hydrogen-bond donors (Lipinski definition) is 1. The van der Waals surface area contributed by atoms with E-state index in [1.807, 2.05) is 35.8 Å². The van der Waals surface area contributed by atoms with Crippen molar-refractivity contribution in [3.63, 3.8) is 0 Å². The Bertz CT molecular complexity index is 891. The maximum Gasteiger partial charge on any atom is 0.243 e. The van der Waals surface area contributed by atoms with Gasteiger partial charge in [-0.05, 0) is 44.7 Å². The fourth-order valence-electron chi connectivity index (χ4n) is 5.60. The van der Waals surface area contributed by atoms with Crippen LogP contribution in [0.4, 0.5) is 0 Å². The zero-order valence-electron chi connectivity index (χ0n) is 19.0. The van der Waals surface area contributed by atoms with E-state index >= 15 is 0 Å². The van der Waals surface area contributed by atoms with Gasteiger partial charge in [-0.3, -0.25) is 9.59 Å². The molecular weight excluding hydrogens is 388 g/mol. The van der Waals surface area contributed by atoms with Gasteiger partial charge in [0.15, 0.2) is 0 Å². The first-order chi connectivity index (χ1) is 15.0. The molecule has 1 heterocycles. The summed E-state index contributed by atoms with van der Waals surface area (Å²) in [6, 6.07) is 8.43. The molecule has 4 rings (SSSR count). The van der Waals surface area contributed by atoms with Gasteiger partial charge in [0.1, 0.15) is 12.4 Å². The van der Waals surface area contributed by atoms with Crippen LogP contribution in [0.15, 0.2) is 24.3 Å². The van der Waals surface area contributed by atoms with Crippen LogP contribution < -0.4 is 5.32 Å². The summed E-state index contributed by atoms with van der Waals surface area (Å²) in [4.78, 5) is 32.6. The molecule has 2 saturated carbocycles. The Kier molecular flexibility index (Phi) is 6.93. The van der Waals surface area contributed by atoms with Crippen molar-refractivity contribution in [3.8, 4) is 0 Å². The van der Waals surface area contributed by atoms with Crippen LogP contribution in [0.25, 0.3) is 11.0 Å². The van der Waals surface area contributed by atoms with Crippen LogP contribution in [0.3, 0.4) is 0 Å². The van der Waals surface area contributed by atoms with Crippen LogP contribution in [0.5, 0.6) is 0 Å². The summed E-state index contributed by atoms with van der Waals surface area (Å²) in [6.45, 7) is 3.74. The second-order valence-electron chi connectivity index (χ2n) is 9.35. The quantitative estimate of drug-likeness (QED) is 0.729. The monoisotopic (exact) mass is 424 g/mol. The van der Waals surface area contributed by atoms with E-state index in [0.29, 0.717) is 12.1 Å². The van der Waals surface area contributed by atoms with Gasteiger partial charge in [0.05, 0.1) is 17.1 Å².